The van der Waals surface area contributed by atoms with Crippen molar-refractivity contribution in [2.24, 2.45) is 0 Å². The maximum Gasteiger partial charge on any atom is 0.242 e. The van der Waals surface area contributed by atoms with Gasteiger partial charge in [-0.3, -0.25) is 4.79 Å². The number of para-hydroxylation sites is 1. The molecule has 0 aliphatic carbocycles. The lowest BCUT2D eigenvalue weighted by atomic mass is 10.2. The molecule has 0 spiro atoms. The van der Waals surface area contributed by atoms with Crippen molar-refractivity contribution in [3.8, 4) is 0 Å². The third-order valence-corrected chi connectivity index (χ3v) is 2.28. The monoisotopic (exact) mass is 211 g/mol. The second-order valence-corrected chi connectivity index (χ2v) is 3.64. The van der Waals surface area contributed by atoms with Gasteiger partial charge in [0.15, 0.2) is 0 Å². The van der Waals surface area contributed by atoms with Crippen LogP contribution in [0.4, 0.5) is 5.69 Å². The number of carbonyl (C=O) groups excluding carboxylic acids is 1. The first kappa shape index (κ1) is 11.1. The Bertz CT molecular complexity index is 287. The van der Waals surface area contributed by atoms with E-state index in [1.807, 2.05) is 37.3 Å². The first-order valence-corrected chi connectivity index (χ1v) is 5.17. The van der Waals surface area contributed by atoms with Crippen molar-refractivity contribution in [2.75, 3.05) is 5.32 Å². The van der Waals surface area contributed by atoms with E-state index < -0.39 is 5.38 Å². The van der Waals surface area contributed by atoms with E-state index in [0.29, 0.717) is 6.42 Å². The molecule has 1 amide bonds. The minimum absolute atomic E-state index is 0.125. The molecule has 0 aliphatic heterocycles. The van der Waals surface area contributed by atoms with E-state index in [9.17, 15) is 4.79 Å². The van der Waals surface area contributed by atoms with Crippen molar-refractivity contribution in [1.82, 2.24) is 0 Å². The predicted octanol–water partition coefficient (Wildman–Crippen LogP) is 3.03. The van der Waals surface area contributed by atoms with E-state index in [-0.39, 0.29) is 5.91 Å². The topological polar surface area (TPSA) is 29.1 Å². The van der Waals surface area contributed by atoms with Crippen LogP contribution in [0.25, 0.3) is 0 Å². The van der Waals surface area contributed by atoms with Gasteiger partial charge in [-0.1, -0.05) is 31.5 Å². The van der Waals surface area contributed by atoms with E-state index in [2.05, 4.69) is 5.32 Å². The number of hydrogen-bond acceptors (Lipinski definition) is 1. The highest BCUT2D eigenvalue weighted by atomic mass is 35.5. The molecule has 14 heavy (non-hydrogen) atoms. The molecule has 1 aromatic carbocycles. The molecule has 0 aromatic heterocycles. The Morgan fingerprint density at radius 3 is 2.64 bits per heavy atom. The molecule has 1 N–H and O–H groups in total. The SMILES string of the molecule is CCCC(Cl)C(=O)Nc1ccccc1. The highest BCUT2D eigenvalue weighted by molar-refractivity contribution is 6.32. The van der Waals surface area contributed by atoms with Crippen molar-refractivity contribution >= 4 is 23.2 Å². The minimum Gasteiger partial charge on any atom is -0.325 e. The molecule has 0 heterocycles. The summed E-state index contributed by atoms with van der Waals surface area (Å²) in [5, 5.41) is 2.33. The Balaban J connectivity index is 2.49. The Hall–Kier alpha value is -1.02. The van der Waals surface area contributed by atoms with Crippen LogP contribution in [0.2, 0.25) is 0 Å². The average molecular weight is 212 g/mol. The van der Waals surface area contributed by atoms with Crippen molar-refractivity contribution < 1.29 is 4.79 Å². The number of hydrogen-bond donors (Lipinski definition) is 1. The largest absolute Gasteiger partial charge is 0.325 e. The first-order chi connectivity index (χ1) is 6.74. The van der Waals surface area contributed by atoms with Gasteiger partial charge in [0.2, 0.25) is 5.91 Å². The second-order valence-electron chi connectivity index (χ2n) is 3.11. The van der Waals surface area contributed by atoms with Crippen LogP contribution < -0.4 is 5.32 Å². The van der Waals surface area contributed by atoms with Crippen LogP contribution in [0.1, 0.15) is 19.8 Å². The van der Waals surface area contributed by atoms with Crippen molar-refractivity contribution in [1.29, 1.82) is 0 Å². The summed E-state index contributed by atoms with van der Waals surface area (Å²) < 4.78 is 0. The summed E-state index contributed by atoms with van der Waals surface area (Å²) in [4.78, 5) is 11.5. The predicted molar refractivity (Wildman–Crippen MR) is 59.6 cm³/mol. The molecular formula is C11H14ClNO. The summed E-state index contributed by atoms with van der Waals surface area (Å²) in [7, 11) is 0. The molecular weight excluding hydrogens is 198 g/mol. The van der Waals surface area contributed by atoms with Crippen LogP contribution in [0, 0.1) is 0 Å². The van der Waals surface area contributed by atoms with Crippen LogP contribution in [-0.4, -0.2) is 11.3 Å². The average Bonchev–Trinajstić information content (AvgIpc) is 2.19. The van der Waals surface area contributed by atoms with E-state index in [1.165, 1.54) is 0 Å². The molecule has 0 bridgehead atoms. The first-order valence-electron chi connectivity index (χ1n) is 4.74. The fourth-order valence-electron chi connectivity index (χ4n) is 1.13. The van der Waals surface area contributed by atoms with Gasteiger partial charge >= 0.3 is 0 Å². The zero-order valence-electron chi connectivity index (χ0n) is 8.16. The number of anilines is 1. The lowest BCUT2D eigenvalue weighted by Crippen LogP contribution is -2.22. The summed E-state index contributed by atoms with van der Waals surface area (Å²) >= 11 is 5.87. The Morgan fingerprint density at radius 2 is 2.07 bits per heavy atom. The zero-order chi connectivity index (χ0) is 10.4. The molecule has 0 saturated heterocycles. The van der Waals surface area contributed by atoms with Crippen LogP contribution in [0.5, 0.6) is 0 Å². The van der Waals surface area contributed by atoms with Gasteiger partial charge < -0.3 is 5.32 Å². The molecule has 1 atom stereocenters. The van der Waals surface area contributed by atoms with Gasteiger partial charge in [0, 0.05) is 5.69 Å². The number of rotatable bonds is 4. The van der Waals surface area contributed by atoms with Crippen LogP contribution >= 0.6 is 11.6 Å². The molecule has 0 saturated carbocycles. The van der Waals surface area contributed by atoms with Gasteiger partial charge in [-0.15, -0.1) is 11.6 Å². The summed E-state index contributed by atoms with van der Waals surface area (Å²) in [6.45, 7) is 2.01. The highest BCUT2D eigenvalue weighted by Crippen LogP contribution is 2.10. The number of carbonyl (C=O) groups is 1. The number of halogens is 1. The van der Waals surface area contributed by atoms with Crippen molar-refractivity contribution in [2.45, 2.75) is 25.1 Å². The lowest BCUT2D eigenvalue weighted by molar-refractivity contribution is -0.116. The molecule has 1 unspecified atom stereocenters. The molecule has 0 radical (unpaired) electrons. The van der Waals surface area contributed by atoms with E-state index in [0.717, 1.165) is 12.1 Å². The van der Waals surface area contributed by atoms with Gasteiger partial charge in [-0.05, 0) is 18.6 Å². The number of nitrogens with one attached hydrogen (secondary N) is 1. The zero-order valence-corrected chi connectivity index (χ0v) is 8.92. The number of alkyl halides is 1. The molecule has 1 rings (SSSR count). The van der Waals surface area contributed by atoms with Gasteiger partial charge in [-0.2, -0.15) is 0 Å². The summed E-state index contributed by atoms with van der Waals surface area (Å²) in [6, 6.07) is 9.33. The molecule has 2 nitrogen and oxygen atoms in total. The van der Waals surface area contributed by atoms with Gasteiger partial charge in [0.1, 0.15) is 5.38 Å². The standard InChI is InChI=1S/C11H14ClNO/c1-2-6-10(12)11(14)13-9-7-4-3-5-8-9/h3-5,7-8,10H,2,6H2,1H3,(H,13,14). The maximum absolute atomic E-state index is 11.5. The van der Waals surface area contributed by atoms with Crippen LogP contribution in [-0.2, 0) is 4.79 Å². The van der Waals surface area contributed by atoms with Crippen LogP contribution in [0.15, 0.2) is 30.3 Å². The Morgan fingerprint density at radius 1 is 1.43 bits per heavy atom. The van der Waals surface area contributed by atoms with Gasteiger partial charge in [-0.25, -0.2) is 0 Å². The number of amides is 1. The fraction of sp³-hybridized carbons (Fsp3) is 0.364. The van der Waals surface area contributed by atoms with E-state index >= 15 is 0 Å². The van der Waals surface area contributed by atoms with Crippen molar-refractivity contribution in [3.63, 3.8) is 0 Å². The molecule has 0 aliphatic rings. The molecule has 0 fully saturated rings. The number of benzene rings is 1. The molecule has 76 valence electrons. The highest BCUT2D eigenvalue weighted by Gasteiger charge is 2.13. The van der Waals surface area contributed by atoms with Gasteiger partial charge in [0.25, 0.3) is 0 Å². The van der Waals surface area contributed by atoms with Crippen LogP contribution in [0.3, 0.4) is 0 Å². The quantitative estimate of drug-likeness (QED) is 0.763. The Kier molecular flexibility index (Phi) is 4.47. The summed E-state index contributed by atoms with van der Waals surface area (Å²) in [5.74, 6) is -0.125. The van der Waals surface area contributed by atoms with Crippen molar-refractivity contribution in [3.05, 3.63) is 30.3 Å². The summed E-state index contributed by atoms with van der Waals surface area (Å²) in [6.07, 6.45) is 1.62. The Labute approximate surface area is 89.3 Å². The third-order valence-electron chi connectivity index (χ3n) is 1.87. The smallest absolute Gasteiger partial charge is 0.242 e. The summed E-state index contributed by atoms with van der Waals surface area (Å²) in [5.41, 5.74) is 0.791. The molecule has 3 heteroatoms. The second kappa shape index (κ2) is 5.66. The van der Waals surface area contributed by atoms with Gasteiger partial charge in [0.05, 0.1) is 0 Å². The van der Waals surface area contributed by atoms with E-state index in [4.69, 9.17) is 11.6 Å². The van der Waals surface area contributed by atoms with E-state index in [1.54, 1.807) is 0 Å². The molecule has 1 aromatic rings. The lowest BCUT2D eigenvalue weighted by Gasteiger charge is -2.08. The maximum atomic E-state index is 11.5. The third kappa shape index (κ3) is 3.38. The normalized spacial score (nSPS) is 12.1. The minimum atomic E-state index is -0.430. The fourth-order valence-corrected chi connectivity index (χ4v) is 1.40.